The number of hydrogen-bond donors (Lipinski definition) is 0. The second kappa shape index (κ2) is 16.5. The number of benzene rings is 3. The number of amides is 1. The SMILES string of the molecule is CC(Cc1cc(C#N)c2c(c1)CCN2CCCOC(=O)c1ccccc1)N(CCOc1ccccc1OCC(F)(F)F)C(=O)OC(C)(C)C. The number of ether oxygens (including phenoxy) is 4. The lowest BCUT2D eigenvalue weighted by molar-refractivity contribution is -0.153. The number of nitriles is 1. The average molecular weight is 682 g/mol. The van der Waals surface area contributed by atoms with Gasteiger partial charge < -0.3 is 28.7 Å². The Morgan fingerprint density at radius 2 is 1.65 bits per heavy atom. The Morgan fingerprint density at radius 3 is 2.31 bits per heavy atom. The third-order valence-corrected chi connectivity index (χ3v) is 7.67. The fourth-order valence-electron chi connectivity index (χ4n) is 5.56. The summed E-state index contributed by atoms with van der Waals surface area (Å²) in [6.07, 6.45) is -3.30. The number of halogens is 3. The van der Waals surface area contributed by atoms with E-state index in [1.165, 1.54) is 17.0 Å². The van der Waals surface area contributed by atoms with Crippen LogP contribution in [-0.2, 0) is 22.3 Å². The average Bonchev–Trinajstić information content (AvgIpc) is 3.45. The topological polar surface area (TPSA) is 101 Å². The zero-order valence-corrected chi connectivity index (χ0v) is 28.2. The number of hydrogen-bond acceptors (Lipinski definition) is 8. The van der Waals surface area contributed by atoms with E-state index in [0.717, 1.165) is 29.8 Å². The third-order valence-electron chi connectivity index (χ3n) is 7.67. The Bertz CT molecular complexity index is 1620. The summed E-state index contributed by atoms with van der Waals surface area (Å²) in [6.45, 7) is 7.36. The highest BCUT2D eigenvalue weighted by Gasteiger charge is 2.30. The van der Waals surface area contributed by atoms with Crippen LogP contribution >= 0.6 is 0 Å². The van der Waals surface area contributed by atoms with Gasteiger partial charge in [-0.3, -0.25) is 0 Å². The van der Waals surface area contributed by atoms with Crippen molar-refractivity contribution >= 4 is 17.7 Å². The van der Waals surface area contributed by atoms with Gasteiger partial charge in [-0.1, -0.05) is 36.4 Å². The van der Waals surface area contributed by atoms with Crippen molar-refractivity contribution in [3.05, 3.63) is 89.0 Å². The summed E-state index contributed by atoms with van der Waals surface area (Å²) in [4.78, 5) is 29.2. The van der Waals surface area contributed by atoms with Crippen molar-refractivity contribution in [3.63, 3.8) is 0 Å². The first-order valence-electron chi connectivity index (χ1n) is 16.2. The Balaban J connectivity index is 1.40. The predicted octanol–water partition coefficient (Wildman–Crippen LogP) is 7.36. The van der Waals surface area contributed by atoms with E-state index in [-0.39, 0.29) is 43.3 Å². The molecule has 1 atom stereocenters. The lowest BCUT2D eigenvalue weighted by Gasteiger charge is -2.32. The van der Waals surface area contributed by atoms with E-state index < -0.39 is 24.5 Å². The fraction of sp³-hybridized carbons (Fsp3) is 0.432. The van der Waals surface area contributed by atoms with Crippen molar-refractivity contribution in [3.8, 4) is 17.6 Å². The number of alkyl halides is 3. The molecule has 1 heterocycles. The Labute approximate surface area is 285 Å². The van der Waals surface area contributed by atoms with Gasteiger partial charge in [0.2, 0.25) is 0 Å². The van der Waals surface area contributed by atoms with Crippen molar-refractivity contribution in [2.24, 2.45) is 0 Å². The van der Waals surface area contributed by atoms with Gasteiger partial charge in [0.1, 0.15) is 18.3 Å². The van der Waals surface area contributed by atoms with Gasteiger partial charge in [0, 0.05) is 19.1 Å². The first-order valence-corrected chi connectivity index (χ1v) is 16.2. The van der Waals surface area contributed by atoms with E-state index >= 15 is 0 Å². The molecular weight excluding hydrogens is 639 g/mol. The summed E-state index contributed by atoms with van der Waals surface area (Å²) in [5.41, 5.74) is 3.05. The normalized spacial score (nSPS) is 13.2. The van der Waals surface area contributed by atoms with Gasteiger partial charge in [0.25, 0.3) is 0 Å². The monoisotopic (exact) mass is 681 g/mol. The van der Waals surface area contributed by atoms with Crippen LogP contribution in [0.5, 0.6) is 11.5 Å². The van der Waals surface area contributed by atoms with Crippen LogP contribution in [0.2, 0.25) is 0 Å². The highest BCUT2D eigenvalue weighted by molar-refractivity contribution is 5.89. The number of carbonyl (C=O) groups is 2. The Hall–Kier alpha value is -4.92. The van der Waals surface area contributed by atoms with Crippen LogP contribution in [0, 0.1) is 11.3 Å². The zero-order valence-electron chi connectivity index (χ0n) is 28.2. The third kappa shape index (κ3) is 11.1. The second-order valence-corrected chi connectivity index (χ2v) is 12.8. The first kappa shape index (κ1) is 36.9. The van der Waals surface area contributed by atoms with Gasteiger partial charge in [-0.15, -0.1) is 0 Å². The van der Waals surface area contributed by atoms with Crippen molar-refractivity contribution < 1.29 is 41.7 Å². The molecule has 1 amide bonds. The van der Waals surface area contributed by atoms with Crippen LogP contribution in [-0.4, -0.2) is 74.2 Å². The number of para-hydroxylation sites is 2. The van der Waals surface area contributed by atoms with E-state index in [2.05, 4.69) is 17.0 Å². The lowest BCUT2D eigenvalue weighted by atomic mass is 9.98. The van der Waals surface area contributed by atoms with Gasteiger partial charge in [0.15, 0.2) is 18.1 Å². The second-order valence-electron chi connectivity index (χ2n) is 12.8. The largest absolute Gasteiger partial charge is 0.488 e. The molecule has 0 saturated carbocycles. The molecule has 0 spiro atoms. The zero-order chi connectivity index (χ0) is 35.6. The number of nitrogens with zero attached hydrogens (tertiary/aromatic N) is 3. The molecule has 1 aliphatic heterocycles. The van der Waals surface area contributed by atoms with Crippen LogP contribution in [0.3, 0.4) is 0 Å². The molecule has 0 fully saturated rings. The lowest BCUT2D eigenvalue weighted by Crippen LogP contribution is -2.45. The van der Waals surface area contributed by atoms with Crippen molar-refractivity contribution in [1.29, 1.82) is 5.26 Å². The molecule has 49 heavy (non-hydrogen) atoms. The maximum absolute atomic E-state index is 13.3. The van der Waals surface area contributed by atoms with Gasteiger partial charge in [-0.25, -0.2) is 9.59 Å². The molecule has 9 nitrogen and oxygen atoms in total. The summed E-state index contributed by atoms with van der Waals surface area (Å²) in [6, 6.07) is 20.7. The minimum atomic E-state index is -4.50. The van der Waals surface area contributed by atoms with Gasteiger partial charge in [0.05, 0.1) is 30.0 Å². The highest BCUT2D eigenvalue weighted by atomic mass is 19.4. The summed E-state index contributed by atoms with van der Waals surface area (Å²) >= 11 is 0. The van der Waals surface area contributed by atoms with Crippen LogP contribution in [0.25, 0.3) is 0 Å². The number of fused-ring (bicyclic) bond motifs is 1. The molecule has 0 aliphatic carbocycles. The van der Waals surface area contributed by atoms with E-state index in [0.29, 0.717) is 30.5 Å². The van der Waals surface area contributed by atoms with E-state index in [1.54, 1.807) is 57.2 Å². The number of anilines is 1. The molecule has 1 unspecified atom stereocenters. The summed E-state index contributed by atoms with van der Waals surface area (Å²) < 4.78 is 60.0. The maximum Gasteiger partial charge on any atom is 0.422 e. The summed E-state index contributed by atoms with van der Waals surface area (Å²) in [5.74, 6) is -0.300. The minimum Gasteiger partial charge on any atom is -0.488 e. The molecule has 0 bridgehead atoms. The molecule has 262 valence electrons. The predicted molar refractivity (Wildman–Crippen MR) is 178 cm³/mol. The number of esters is 1. The molecule has 12 heteroatoms. The van der Waals surface area contributed by atoms with E-state index in [4.69, 9.17) is 18.9 Å². The van der Waals surface area contributed by atoms with E-state index in [9.17, 15) is 28.0 Å². The smallest absolute Gasteiger partial charge is 0.422 e. The Kier molecular flexibility index (Phi) is 12.4. The molecule has 0 aromatic heterocycles. The van der Waals surface area contributed by atoms with Crippen molar-refractivity contribution in [2.75, 3.05) is 44.4 Å². The van der Waals surface area contributed by atoms with Crippen molar-refractivity contribution in [2.45, 2.75) is 64.8 Å². The van der Waals surface area contributed by atoms with Crippen LogP contribution in [0.4, 0.5) is 23.7 Å². The number of rotatable bonds is 14. The van der Waals surface area contributed by atoms with Gasteiger partial charge in [-0.05, 0) is 88.4 Å². The molecule has 0 radical (unpaired) electrons. The van der Waals surface area contributed by atoms with Gasteiger partial charge >= 0.3 is 18.2 Å². The fourth-order valence-corrected chi connectivity index (χ4v) is 5.56. The maximum atomic E-state index is 13.3. The molecular formula is C37H42F3N3O6. The minimum absolute atomic E-state index is 0.0285. The van der Waals surface area contributed by atoms with E-state index in [1.807, 2.05) is 19.1 Å². The van der Waals surface area contributed by atoms with Crippen LogP contribution in [0.15, 0.2) is 66.7 Å². The standard InChI is InChI=1S/C37H42F3N3O6/c1-26(43(35(45)49-36(2,3)4)18-20-46-31-13-8-9-14-32(31)48-25-37(38,39)40)21-27-22-29-15-17-42(33(29)30(23-27)24-41)16-10-19-47-34(44)28-11-6-5-7-12-28/h5-9,11-14,22-23,26H,10,15-21,25H2,1-4H3. The molecule has 0 N–H and O–H groups in total. The number of carbonyl (C=O) groups excluding carboxylic acids is 2. The molecule has 3 aromatic rings. The van der Waals surface area contributed by atoms with Gasteiger partial charge in [-0.2, -0.15) is 18.4 Å². The molecule has 3 aromatic carbocycles. The molecule has 1 aliphatic rings. The highest BCUT2D eigenvalue weighted by Crippen LogP contribution is 2.34. The van der Waals surface area contributed by atoms with Crippen LogP contribution < -0.4 is 14.4 Å². The Morgan fingerprint density at radius 1 is 0.980 bits per heavy atom. The molecule has 4 rings (SSSR count). The summed E-state index contributed by atoms with van der Waals surface area (Å²) in [5, 5.41) is 10.1. The quantitative estimate of drug-likeness (QED) is 0.129. The summed E-state index contributed by atoms with van der Waals surface area (Å²) in [7, 11) is 0. The molecule has 0 saturated heterocycles. The first-order chi connectivity index (χ1) is 23.2. The van der Waals surface area contributed by atoms with Crippen molar-refractivity contribution in [1.82, 2.24) is 4.90 Å². The van der Waals surface area contributed by atoms with Crippen LogP contribution in [0.1, 0.15) is 61.2 Å².